The van der Waals surface area contributed by atoms with Crippen LogP contribution in [0.5, 0.6) is 0 Å². The van der Waals surface area contributed by atoms with E-state index >= 15 is 0 Å². The standard InChI is InChI=1S/C9H8F3N5O2/c1-3-5(4(2)19-17-3)6(18)13-8-14-7(15-16-8)9(10,11)12/h1-2H3,(H2,13,14,15,16,18). The number of rotatable bonds is 2. The van der Waals surface area contributed by atoms with Gasteiger partial charge in [-0.1, -0.05) is 5.16 Å². The van der Waals surface area contributed by atoms with Crippen LogP contribution in [0.1, 0.15) is 27.6 Å². The smallest absolute Gasteiger partial charge is 0.361 e. The van der Waals surface area contributed by atoms with E-state index in [0.29, 0.717) is 5.69 Å². The lowest BCUT2D eigenvalue weighted by Crippen LogP contribution is -2.15. The molecule has 0 fully saturated rings. The largest absolute Gasteiger partial charge is 0.451 e. The van der Waals surface area contributed by atoms with Gasteiger partial charge in [-0.25, -0.2) is 0 Å². The molecule has 2 aromatic rings. The van der Waals surface area contributed by atoms with Gasteiger partial charge in [0.15, 0.2) is 0 Å². The zero-order valence-electron chi connectivity index (χ0n) is 9.79. The van der Waals surface area contributed by atoms with Crippen LogP contribution in [0.2, 0.25) is 0 Å². The number of carbonyl (C=O) groups excluding carboxylic acids is 1. The second-order valence-electron chi connectivity index (χ2n) is 3.66. The number of amides is 1. The Morgan fingerprint density at radius 1 is 1.37 bits per heavy atom. The molecule has 0 saturated heterocycles. The first-order chi connectivity index (χ1) is 8.79. The summed E-state index contributed by atoms with van der Waals surface area (Å²) in [5.74, 6) is -2.20. The second-order valence-corrected chi connectivity index (χ2v) is 3.66. The van der Waals surface area contributed by atoms with Gasteiger partial charge in [-0.15, -0.1) is 5.10 Å². The quantitative estimate of drug-likeness (QED) is 0.869. The van der Waals surface area contributed by atoms with Crippen molar-refractivity contribution < 1.29 is 22.5 Å². The van der Waals surface area contributed by atoms with Crippen LogP contribution in [-0.4, -0.2) is 26.2 Å². The Kier molecular flexibility index (Phi) is 3.00. The molecule has 0 radical (unpaired) electrons. The molecule has 102 valence electrons. The van der Waals surface area contributed by atoms with Crippen molar-refractivity contribution in [1.29, 1.82) is 0 Å². The normalized spacial score (nSPS) is 11.6. The third kappa shape index (κ3) is 2.56. The van der Waals surface area contributed by atoms with E-state index in [1.165, 1.54) is 13.8 Å². The topological polar surface area (TPSA) is 96.7 Å². The number of anilines is 1. The average molecular weight is 275 g/mol. The Labute approximate surface area is 104 Å². The molecule has 0 bridgehead atoms. The summed E-state index contributed by atoms with van der Waals surface area (Å²) in [5, 5.41) is 10.6. The minimum atomic E-state index is -4.65. The predicted octanol–water partition coefficient (Wildman–Crippen LogP) is 1.68. The molecule has 0 aliphatic carbocycles. The van der Waals surface area contributed by atoms with E-state index in [0.717, 1.165) is 0 Å². The van der Waals surface area contributed by atoms with E-state index in [-0.39, 0.29) is 11.3 Å². The maximum absolute atomic E-state index is 12.3. The van der Waals surface area contributed by atoms with E-state index in [1.807, 2.05) is 0 Å². The van der Waals surface area contributed by atoms with Crippen LogP contribution in [0.25, 0.3) is 0 Å². The molecular formula is C9H8F3N5O2. The molecule has 0 atom stereocenters. The molecule has 0 aliphatic heterocycles. The van der Waals surface area contributed by atoms with E-state index in [1.54, 1.807) is 5.10 Å². The van der Waals surface area contributed by atoms with Gasteiger partial charge in [0.2, 0.25) is 11.8 Å². The summed E-state index contributed by atoms with van der Waals surface area (Å²) < 4.78 is 41.6. The third-order valence-corrected chi connectivity index (χ3v) is 2.24. The Morgan fingerprint density at radius 3 is 2.53 bits per heavy atom. The fraction of sp³-hybridized carbons (Fsp3) is 0.333. The highest BCUT2D eigenvalue weighted by molar-refractivity contribution is 6.04. The van der Waals surface area contributed by atoms with Crippen LogP contribution in [0, 0.1) is 13.8 Å². The molecule has 2 N–H and O–H groups in total. The van der Waals surface area contributed by atoms with Crippen molar-refractivity contribution in [2.45, 2.75) is 20.0 Å². The van der Waals surface area contributed by atoms with Gasteiger partial charge < -0.3 is 4.52 Å². The molecule has 0 unspecified atom stereocenters. The first-order valence-corrected chi connectivity index (χ1v) is 5.03. The first kappa shape index (κ1) is 13.1. The maximum atomic E-state index is 12.3. The van der Waals surface area contributed by atoms with Gasteiger partial charge in [-0.2, -0.15) is 18.2 Å². The van der Waals surface area contributed by atoms with Crippen molar-refractivity contribution in [1.82, 2.24) is 20.3 Å². The number of nitrogens with zero attached hydrogens (tertiary/aromatic N) is 3. The van der Waals surface area contributed by atoms with Crippen molar-refractivity contribution in [3.63, 3.8) is 0 Å². The molecule has 0 aromatic carbocycles. The number of H-pyrrole nitrogens is 1. The molecule has 19 heavy (non-hydrogen) atoms. The van der Waals surface area contributed by atoms with Crippen molar-refractivity contribution in [3.8, 4) is 0 Å². The van der Waals surface area contributed by atoms with Crippen LogP contribution >= 0.6 is 0 Å². The zero-order chi connectivity index (χ0) is 14.2. The average Bonchev–Trinajstić information content (AvgIpc) is 2.85. The number of aromatic amines is 1. The number of hydrogen-bond acceptors (Lipinski definition) is 5. The number of aryl methyl sites for hydroxylation is 2. The van der Waals surface area contributed by atoms with Crippen LogP contribution in [-0.2, 0) is 6.18 Å². The van der Waals surface area contributed by atoms with Gasteiger partial charge >= 0.3 is 6.18 Å². The van der Waals surface area contributed by atoms with Gasteiger partial charge in [-0.05, 0) is 13.8 Å². The summed E-state index contributed by atoms with van der Waals surface area (Å²) in [6.07, 6.45) is -4.65. The van der Waals surface area contributed by atoms with Crippen molar-refractivity contribution in [2.24, 2.45) is 0 Å². The van der Waals surface area contributed by atoms with Crippen LogP contribution < -0.4 is 5.32 Å². The zero-order valence-corrected chi connectivity index (χ0v) is 9.79. The minimum Gasteiger partial charge on any atom is -0.361 e. The number of alkyl halides is 3. The van der Waals surface area contributed by atoms with E-state index < -0.39 is 23.9 Å². The van der Waals surface area contributed by atoms with Crippen molar-refractivity contribution in [2.75, 3.05) is 5.32 Å². The predicted molar refractivity (Wildman–Crippen MR) is 55.3 cm³/mol. The van der Waals surface area contributed by atoms with Crippen LogP contribution in [0.15, 0.2) is 4.52 Å². The van der Waals surface area contributed by atoms with Crippen molar-refractivity contribution >= 4 is 11.9 Å². The summed E-state index contributed by atoms with van der Waals surface area (Å²) in [6, 6.07) is 0. The van der Waals surface area contributed by atoms with Gasteiger partial charge in [0.1, 0.15) is 11.3 Å². The lowest BCUT2D eigenvalue weighted by molar-refractivity contribution is -0.144. The fourth-order valence-corrected chi connectivity index (χ4v) is 1.42. The van der Waals surface area contributed by atoms with E-state index in [2.05, 4.69) is 20.6 Å². The molecular weight excluding hydrogens is 267 g/mol. The summed E-state index contributed by atoms with van der Waals surface area (Å²) in [7, 11) is 0. The number of halogens is 3. The highest BCUT2D eigenvalue weighted by Crippen LogP contribution is 2.26. The molecule has 2 rings (SSSR count). The van der Waals surface area contributed by atoms with Gasteiger partial charge in [0.25, 0.3) is 5.91 Å². The summed E-state index contributed by atoms with van der Waals surface area (Å²) in [6.45, 7) is 3.04. The Bertz CT molecular complexity index is 596. The Balaban J connectivity index is 2.18. The lowest BCUT2D eigenvalue weighted by Gasteiger charge is -2.00. The summed E-state index contributed by atoms with van der Waals surface area (Å²) in [4.78, 5) is 14.9. The van der Waals surface area contributed by atoms with E-state index in [9.17, 15) is 18.0 Å². The Hall–Kier alpha value is -2.39. The minimum absolute atomic E-state index is 0.137. The van der Waals surface area contributed by atoms with Crippen molar-refractivity contribution in [3.05, 3.63) is 22.8 Å². The second kappa shape index (κ2) is 4.37. The number of carbonyl (C=O) groups is 1. The molecule has 1 amide bonds. The highest BCUT2D eigenvalue weighted by atomic mass is 19.4. The molecule has 10 heteroatoms. The summed E-state index contributed by atoms with van der Waals surface area (Å²) >= 11 is 0. The lowest BCUT2D eigenvalue weighted by atomic mass is 10.2. The van der Waals surface area contributed by atoms with Crippen LogP contribution in [0.3, 0.4) is 0 Å². The van der Waals surface area contributed by atoms with Gasteiger partial charge in [0.05, 0.1) is 5.69 Å². The fourth-order valence-electron chi connectivity index (χ4n) is 1.42. The molecule has 0 saturated carbocycles. The first-order valence-electron chi connectivity index (χ1n) is 5.03. The molecule has 7 nitrogen and oxygen atoms in total. The molecule has 0 spiro atoms. The third-order valence-electron chi connectivity index (χ3n) is 2.24. The molecule has 2 heterocycles. The Morgan fingerprint density at radius 2 is 2.05 bits per heavy atom. The SMILES string of the molecule is Cc1noc(C)c1C(=O)Nc1n[nH]c(C(F)(F)F)n1. The van der Waals surface area contributed by atoms with Crippen LogP contribution in [0.4, 0.5) is 19.1 Å². The monoisotopic (exact) mass is 275 g/mol. The number of nitrogens with one attached hydrogen (secondary N) is 2. The number of aromatic nitrogens is 4. The highest BCUT2D eigenvalue weighted by Gasteiger charge is 2.35. The van der Waals surface area contributed by atoms with E-state index in [4.69, 9.17) is 4.52 Å². The van der Waals surface area contributed by atoms with Gasteiger partial charge in [-0.3, -0.25) is 15.2 Å². The number of hydrogen-bond donors (Lipinski definition) is 2. The maximum Gasteiger partial charge on any atom is 0.451 e. The van der Waals surface area contributed by atoms with Gasteiger partial charge in [0, 0.05) is 0 Å². The molecule has 0 aliphatic rings. The summed E-state index contributed by atoms with van der Waals surface area (Å²) in [5.41, 5.74) is 0.458. The molecule has 2 aromatic heterocycles.